The van der Waals surface area contributed by atoms with Gasteiger partial charge in [0, 0.05) is 12.2 Å². The number of nitrogens with zero attached hydrogens (tertiary/aromatic N) is 1. The van der Waals surface area contributed by atoms with Crippen LogP contribution < -0.4 is 4.74 Å². The van der Waals surface area contributed by atoms with E-state index in [2.05, 4.69) is 4.99 Å². The highest BCUT2D eigenvalue weighted by molar-refractivity contribution is 6.08. The number of cyclic esters (lactones) is 1. The first kappa shape index (κ1) is 9.45. The summed E-state index contributed by atoms with van der Waals surface area (Å²) in [6.07, 6.45) is 2.85. The summed E-state index contributed by atoms with van der Waals surface area (Å²) >= 11 is 0. The number of carbonyl (C=O) groups excluding carboxylic acids is 1. The molecule has 0 spiro atoms. The quantitative estimate of drug-likeness (QED) is 0.689. The molecule has 76 valence electrons. The first-order valence-corrected chi connectivity index (χ1v) is 4.41. The molecule has 0 amide bonds. The summed E-state index contributed by atoms with van der Waals surface area (Å²) in [7, 11) is 1.56. The van der Waals surface area contributed by atoms with Gasteiger partial charge in [-0.15, -0.1) is 0 Å². The Balaban J connectivity index is 2.31. The van der Waals surface area contributed by atoms with Crippen LogP contribution in [-0.4, -0.2) is 19.0 Å². The SMILES string of the molecule is COc1ccccc1N=C1C=CC(=O)O1. The zero-order valence-electron chi connectivity index (χ0n) is 8.14. The highest BCUT2D eigenvalue weighted by Crippen LogP contribution is 2.26. The normalized spacial score (nSPS) is 16.9. The average molecular weight is 203 g/mol. The molecule has 1 aromatic rings. The summed E-state index contributed by atoms with van der Waals surface area (Å²) in [5.74, 6) is 0.523. The minimum Gasteiger partial charge on any atom is -0.494 e. The predicted molar refractivity (Wildman–Crippen MR) is 55.3 cm³/mol. The Bertz CT molecular complexity index is 449. The number of para-hydroxylation sites is 2. The summed E-state index contributed by atoms with van der Waals surface area (Å²) in [5, 5.41) is 0. The number of hydrogen-bond donors (Lipinski definition) is 0. The molecular formula is C11H9NO3. The van der Waals surface area contributed by atoms with Gasteiger partial charge in [-0.05, 0) is 12.1 Å². The van der Waals surface area contributed by atoms with Crippen LogP contribution in [0.4, 0.5) is 5.69 Å². The van der Waals surface area contributed by atoms with Gasteiger partial charge in [-0.3, -0.25) is 0 Å². The van der Waals surface area contributed by atoms with Gasteiger partial charge < -0.3 is 9.47 Å². The van der Waals surface area contributed by atoms with Gasteiger partial charge in [0.15, 0.2) is 0 Å². The second-order valence-corrected chi connectivity index (χ2v) is 2.88. The van der Waals surface area contributed by atoms with Gasteiger partial charge in [-0.25, -0.2) is 9.79 Å². The van der Waals surface area contributed by atoms with E-state index in [-0.39, 0.29) is 5.90 Å². The smallest absolute Gasteiger partial charge is 0.337 e. The summed E-state index contributed by atoms with van der Waals surface area (Å²) in [6.45, 7) is 0. The Labute approximate surface area is 86.8 Å². The Morgan fingerprint density at radius 1 is 1.27 bits per heavy atom. The van der Waals surface area contributed by atoms with E-state index in [9.17, 15) is 4.79 Å². The van der Waals surface area contributed by atoms with Crippen LogP contribution in [0.2, 0.25) is 0 Å². The minimum atomic E-state index is -0.399. The molecule has 1 aliphatic heterocycles. The Kier molecular flexibility index (Phi) is 2.49. The third-order valence-corrected chi connectivity index (χ3v) is 1.88. The van der Waals surface area contributed by atoms with E-state index in [0.29, 0.717) is 11.4 Å². The molecule has 1 heterocycles. The van der Waals surface area contributed by atoms with Crippen molar-refractivity contribution in [2.45, 2.75) is 0 Å². The number of benzene rings is 1. The molecular weight excluding hydrogens is 194 g/mol. The molecule has 0 aliphatic carbocycles. The Morgan fingerprint density at radius 2 is 2.07 bits per heavy atom. The van der Waals surface area contributed by atoms with Crippen LogP contribution >= 0.6 is 0 Å². The van der Waals surface area contributed by atoms with Crippen LogP contribution in [0.15, 0.2) is 41.4 Å². The van der Waals surface area contributed by atoms with E-state index in [0.717, 1.165) is 0 Å². The molecule has 0 N–H and O–H groups in total. The number of ether oxygens (including phenoxy) is 2. The zero-order chi connectivity index (χ0) is 10.7. The fourth-order valence-corrected chi connectivity index (χ4v) is 1.21. The van der Waals surface area contributed by atoms with Crippen LogP contribution in [0, 0.1) is 0 Å². The number of rotatable bonds is 2. The van der Waals surface area contributed by atoms with Crippen molar-refractivity contribution in [3.05, 3.63) is 36.4 Å². The molecule has 0 fully saturated rings. The Morgan fingerprint density at radius 3 is 2.73 bits per heavy atom. The zero-order valence-corrected chi connectivity index (χ0v) is 8.14. The molecule has 0 bridgehead atoms. The molecule has 4 nitrogen and oxygen atoms in total. The van der Waals surface area contributed by atoms with Crippen LogP contribution in [0.1, 0.15) is 0 Å². The second kappa shape index (κ2) is 3.96. The van der Waals surface area contributed by atoms with E-state index in [1.807, 2.05) is 12.1 Å². The van der Waals surface area contributed by atoms with Crippen LogP contribution in [0.3, 0.4) is 0 Å². The number of hydrogen-bond acceptors (Lipinski definition) is 4. The molecule has 0 unspecified atom stereocenters. The van der Waals surface area contributed by atoms with Crippen LogP contribution in [0.5, 0.6) is 5.75 Å². The molecule has 1 aliphatic rings. The number of carbonyl (C=O) groups is 1. The van der Waals surface area contributed by atoms with Crippen molar-refractivity contribution in [1.82, 2.24) is 0 Å². The standard InChI is InChI=1S/C11H9NO3/c1-14-9-5-3-2-4-8(9)12-10-6-7-11(13)15-10/h2-7H,1H3. The summed E-state index contributed by atoms with van der Waals surface area (Å²) in [6, 6.07) is 7.26. The van der Waals surface area contributed by atoms with Crippen molar-refractivity contribution in [1.29, 1.82) is 0 Å². The van der Waals surface area contributed by atoms with Crippen molar-refractivity contribution in [3.63, 3.8) is 0 Å². The van der Waals surface area contributed by atoms with Crippen molar-refractivity contribution in [3.8, 4) is 5.75 Å². The molecule has 0 saturated heterocycles. The second-order valence-electron chi connectivity index (χ2n) is 2.88. The van der Waals surface area contributed by atoms with E-state index < -0.39 is 5.97 Å². The summed E-state index contributed by atoms with van der Waals surface area (Å²) < 4.78 is 9.92. The highest BCUT2D eigenvalue weighted by Gasteiger charge is 2.11. The van der Waals surface area contributed by atoms with Gasteiger partial charge in [-0.2, -0.15) is 0 Å². The fraction of sp³-hybridized carbons (Fsp3) is 0.0909. The summed E-state index contributed by atoms with van der Waals surface area (Å²) in [4.78, 5) is 14.9. The molecule has 2 rings (SSSR count). The third-order valence-electron chi connectivity index (χ3n) is 1.88. The average Bonchev–Trinajstić information content (AvgIpc) is 2.65. The van der Waals surface area contributed by atoms with Gasteiger partial charge in [0.05, 0.1) is 7.11 Å². The van der Waals surface area contributed by atoms with Crippen molar-refractivity contribution in [2.75, 3.05) is 7.11 Å². The van der Waals surface area contributed by atoms with Gasteiger partial charge in [-0.1, -0.05) is 12.1 Å². The maximum atomic E-state index is 10.8. The number of esters is 1. The van der Waals surface area contributed by atoms with Crippen molar-refractivity contribution < 1.29 is 14.3 Å². The van der Waals surface area contributed by atoms with E-state index in [1.54, 1.807) is 19.2 Å². The fourth-order valence-electron chi connectivity index (χ4n) is 1.21. The molecule has 0 aromatic heterocycles. The molecule has 0 atom stereocenters. The van der Waals surface area contributed by atoms with Gasteiger partial charge in [0.2, 0.25) is 5.90 Å². The topological polar surface area (TPSA) is 47.9 Å². The minimum absolute atomic E-state index is 0.282. The van der Waals surface area contributed by atoms with Gasteiger partial charge >= 0.3 is 5.97 Å². The largest absolute Gasteiger partial charge is 0.494 e. The van der Waals surface area contributed by atoms with Gasteiger partial charge in [0.1, 0.15) is 11.4 Å². The monoisotopic (exact) mass is 203 g/mol. The van der Waals surface area contributed by atoms with Crippen LogP contribution in [0.25, 0.3) is 0 Å². The lowest BCUT2D eigenvalue weighted by Gasteiger charge is -2.03. The van der Waals surface area contributed by atoms with Crippen molar-refractivity contribution >= 4 is 17.6 Å². The van der Waals surface area contributed by atoms with E-state index in [1.165, 1.54) is 12.2 Å². The molecule has 1 aromatic carbocycles. The number of methoxy groups -OCH3 is 1. The lowest BCUT2D eigenvalue weighted by Crippen LogP contribution is -1.98. The maximum absolute atomic E-state index is 10.8. The lowest BCUT2D eigenvalue weighted by molar-refractivity contribution is -0.129. The molecule has 0 saturated carbocycles. The maximum Gasteiger partial charge on any atom is 0.337 e. The first-order chi connectivity index (χ1) is 7.29. The van der Waals surface area contributed by atoms with E-state index >= 15 is 0 Å². The molecule has 0 radical (unpaired) electrons. The van der Waals surface area contributed by atoms with Crippen molar-refractivity contribution in [2.24, 2.45) is 4.99 Å². The number of aliphatic imine (C=N–C) groups is 1. The van der Waals surface area contributed by atoms with Gasteiger partial charge in [0.25, 0.3) is 0 Å². The predicted octanol–water partition coefficient (Wildman–Crippen LogP) is 1.84. The summed E-state index contributed by atoms with van der Waals surface area (Å²) in [5.41, 5.74) is 0.634. The molecule has 4 heteroatoms. The van der Waals surface area contributed by atoms with Crippen LogP contribution in [-0.2, 0) is 9.53 Å². The lowest BCUT2D eigenvalue weighted by atomic mass is 10.3. The first-order valence-electron chi connectivity index (χ1n) is 4.41. The highest BCUT2D eigenvalue weighted by atomic mass is 16.5. The Hall–Kier alpha value is -2.10. The molecule has 15 heavy (non-hydrogen) atoms. The van der Waals surface area contributed by atoms with E-state index in [4.69, 9.17) is 9.47 Å². The third kappa shape index (κ3) is 2.04.